The monoisotopic (exact) mass is 1170 g/mol. The summed E-state index contributed by atoms with van der Waals surface area (Å²) in [5, 5.41) is 0. The van der Waals surface area contributed by atoms with E-state index in [0.29, 0.717) is 23.9 Å². The molecule has 0 aromatic heterocycles. The summed E-state index contributed by atoms with van der Waals surface area (Å²) in [6, 6.07) is 0. The second-order valence-corrected chi connectivity index (χ2v) is 27.1. The number of hydrogen-bond donors (Lipinski definition) is 1. The van der Waals surface area contributed by atoms with Crippen molar-refractivity contribution < 1.29 is 42.1 Å². The van der Waals surface area contributed by atoms with Crippen LogP contribution in [0, 0.1) is 0 Å². The van der Waals surface area contributed by atoms with Gasteiger partial charge in [-0.2, -0.15) is 0 Å². The Hall–Kier alpha value is -1.51. The van der Waals surface area contributed by atoms with Gasteiger partial charge in [0.05, 0.1) is 27.7 Å². The number of phosphoric ester groups is 1. The molecule has 0 saturated carbocycles. The first-order chi connectivity index (χ1) is 39.5. The topological polar surface area (TPSA) is 108 Å². The standard InChI is InChI=1S/C71H138NO8P/c1-6-8-10-12-14-16-18-20-22-24-26-28-30-32-34-35-36-37-38-40-42-44-46-48-50-52-54-56-58-60-62-64-71(74)80-69(68-79-81(75,76)78-66-65-72(3,4)5)67-77-70(73)63-61-59-57-55-53-51-49-47-45-43-41-39-33-31-29-27-25-23-21-19-17-15-13-11-9-7-2/h18,20,24,26,69H,6-17,19,21-23,25,27-68H2,1-5H3/p+1/b20-18-,26-24-. The maximum absolute atomic E-state index is 12.9. The highest BCUT2D eigenvalue weighted by atomic mass is 31.2. The Morgan fingerprint density at radius 1 is 0.383 bits per heavy atom. The number of allylic oxidation sites excluding steroid dienone is 4. The summed E-state index contributed by atoms with van der Waals surface area (Å²) in [4.78, 5) is 35.9. The number of carbonyl (C=O) groups is 2. The summed E-state index contributed by atoms with van der Waals surface area (Å²) >= 11 is 0. The highest BCUT2D eigenvalue weighted by molar-refractivity contribution is 7.47. The van der Waals surface area contributed by atoms with E-state index in [1.165, 1.54) is 295 Å². The minimum absolute atomic E-state index is 0.0358. The largest absolute Gasteiger partial charge is 0.472 e. The Kier molecular flexibility index (Phi) is 61.8. The molecule has 0 aliphatic heterocycles. The molecule has 0 heterocycles. The van der Waals surface area contributed by atoms with Gasteiger partial charge in [-0.25, -0.2) is 4.57 Å². The van der Waals surface area contributed by atoms with E-state index in [1.54, 1.807) is 0 Å². The number of ether oxygens (including phenoxy) is 2. The SMILES string of the molecule is CCCCCCC/C=C\C/C=C\CCCCCCCCCCCCCCCCCCCCCC(=O)OC(COC(=O)CCCCCCCCCCCCCCCCCCCCCCCCCCCC)COP(=O)(O)OCC[N+](C)(C)C. The van der Waals surface area contributed by atoms with Crippen LogP contribution in [0.1, 0.15) is 367 Å². The van der Waals surface area contributed by atoms with Crippen LogP contribution in [0.15, 0.2) is 24.3 Å². The first kappa shape index (κ1) is 79.5. The molecule has 0 aliphatic carbocycles. The molecule has 1 N–H and O–H groups in total. The van der Waals surface area contributed by atoms with Crippen molar-refractivity contribution in [2.45, 2.75) is 373 Å². The Bertz CT molecular complexity index is 1420. The predicted octanol–water partition coefficient (Wildman–Crippen LogP) is 22.9. The molecular formula is C71H139NO8P+. The van der Waals surface area contributed by atoms with Crippen LogP contribution in [-0.2, 0) is 32.7 Å². The van der Waals surface area contributed by atoms with E-state index >= 15 is 0 Å². The number of quaternary nitrogens is 1. The van der Waals surface area contributed by atoms with Gasteiger partial charge in [0, 0.05) is 12.8 Å². The predicted molar refractivity (Wildman–Crippen MR) is 349 cm³/mol. The van der Waals surface area contributed by atoms with E-state index in [-0.39, 0.29) is 25.6 Å². The van der Waals surface area contributed by atoms with Crippen LogP contribution in [-0.4, -0.2) is 74.9 Å². The first-order valence-electron chi connectivity index (χ1n) is 35.6. The van der Waals surface area contributed by atoms with Crippen molar-refractivity contribution in [2.75, 3.05) is 47.5 Å². The molecule has 0 saturated heterocycles. The van der Waals surface area contributed by atoms with Gasteiger partial charge < -0.3 is 18.9 Å². The molecule has 0 aromatic rings. The Labute approximate surface area is 504 Å². The van der Waals surface area contributed by atoms with Gasteiger partial charge in [-0.15, -0.1) is 0 Å². The van der Waals surface area contributed by atoms with E-state index in [1.807, 2.05) is 21.1 Å². The van der Waals surface area contributed by atoms with Gasteiger partial charge in [-0.3, -0.25) is 18.6 Å². The summed E-state index contributed by atoms with van der Waals surface area (Å²) in [5.41, 5.74) is 0. The quantitative estimate of drug-likeness (QED) is 0.0211. The molecule has 0 amide bonds. The number of unbranched alkanes of at least 4 members (excludes halogenated alkanes) is 49. The number of likely N-dealkylation sites (N-methyl/N-ethyl adjacent to an activating group) is 1. The second-order valence-electron chi connectivity index (χ2n) is 25.6. The minimum Gasteiger partial charge on any atom is -0.462 e. The molecule has 0 fully saturated rings. The van der Waals surface area contributed by atoms with Crippen LogP contribution in [0.3, 0.4) is 0 Å². The molecule has 2 atom stereocenters. The summed E-state index contributed by atoms with van der Waals surface area (Å²) in [6.07, 6.45) is 78.6. The molecular weight excluding hydrogens is 1030 g/mol. The van der Waals surface area contributed by atoms with Gasteiger partial charge in [0.2, 0.25) is 0 Å². The zero-order chi connectivity index (χ0) is 59.1. The third-order valence-electron chi connectivity index (χ3n) is 16.2. The third-order valence-corrected chi connectivity index (χ3v) is 17.2. The number of phosphoric acid groups is 1. The first-order valence-corrected chi connectivity index (χ1v) is 37.1. The van der Waals surface area contributed by atoms with Crippen LogP contribution < -0.4 is 0 Å². The Balaban J connectivity index is 3.98. The molecule has 2 unspecified atom stereocenters. The van der Waals surface area contributed by atoms with Gasteiger partial charge in [-0.05, 0) is 44.9 Å². The minimum atomic E-state index is -4.39. The van der Waals surface area contributed by atoms with Gasteiger partial charge in [0.25, 0.3) is 0 Å². The van der Waals surface area contributed by atoms with Crippen molar-refractivity contribution in [1.82, 2.24) is 0 Å². The molecule has 0 radical (unpaired) electrons. The van der Waals surface area contributed by atoms with Crippen molar-refractivity contribution in [3.05, 3.63) is 24.3 Å². The maximum atomic E-state index is 12.9. The average Bonchev–Trinajstić information content (AvgIpc) is 3.43. The van der Waals surface area contributed by atoms with E-state index < -0.39 is 26.5 Å². The van der Waals surface area contributed by atoms with Crippen molar-refractivity contribution >= 4 is 19.8 Å². The number of rotatable bonds is 67. The summed E-state index contributed by atoms with van der Waals surface area (Å²) in [6.45, 7) is 4.50. The lowest BCUT2D eigenvalue weighted by Crippen LogP contribution is -2.37. The van der Waals surface area contributed by atoms with Crippen LogP contribution in [0.5, 0.6) is 0 Å². The van der Waals surface area contributed by atoms with E-state index in [0.717, 1.165) is 38.5 Å². The second kappa shape index (κ2) is 63.0. The van der Waals surface area contributed by atoms with E-state index in [4.69, 9.17) is 18.5 Å². The van der Waals surface area contributed by atoms with E-state index in [2.05, 4.69) is 38.2 Å². The number of nitrogens with zero attached hydrogens (tertiary/aromatic N) is 1. The highest BCUT2D eigenvalue weighted by Gasteiger charge is 2.27. The molecule has 81 heavy (non-hydrogen) atoms. The lowest BCUT2D eigenvalue weighted by Gasteiger charge is -2.24. The van der Waals surface area contributed by atoms with Gasteiger partial charge in [0.1, 0.15) is 19.8 Å². The fourth-order valence-electron chi connectivity index (χ4n) is 10.8. The summed E-state index contributed by atoms with van der Waals surface area (Å²) in [7, 11) is 1.50. The number of carbonyl (C=O) groups excluding carboxylic acids is 2. The summed E-state index contributed by atoms with van der Waals surface area (Å²) in [5.74, 6) is -0.772. The van der Waals surface area contributed by atoms with Crippen LogP contribution in [0.2, 0.25) is 0 Å². The number of hydrogen-bond acceptors (Lipinski definition) is 7. The highest BCUT2D eigenvalue weighted by Crippen LogP contribution is 2.43. The average molecular weight is 1170 g/mol. The van der Waals surface area contributed by atoms with Crippen LogP contribution in [0.4, 0.5) is 0 Å². The molecule has 0 rings (SSSR count). The fraction of sp³-hybridized carbons (Fsp3) is 0.915. The van der Waals surface area contributed by atoms with Crippen molar-refractivity contribution in [3.8, 4) is 0 Å². The molecule has 0 aliphatic rings. The lowest BCUT2D eigenvalue weighted by atomic mass is 10.0. The van der Waals surface area contributed by atoms with Gasteiger partial charge in [0.15, 0.2) is 6.10 Å². The molecule has 0 bridgehead atoms. The van der Waals surface area contributed by atoms with Crippen LogP contribution >= 0.6 is 7.82 Å². The molecule has 0 aromatic carbocycles. The molecule has 480 valence electrons. The summed E-state index contributed by atoms with van der Waals surface area (Å²) < 4.78 is 34.8. The molecule has 10 heteroatoms. The zero-order valence-electron chi connectivity index (χ0n) is 54.8. The smallest absolute Gasteiger partial charge is 0.462 e. The normalized spacial score (nSPS) is 13.2. The Morgan fingerprint density at radius 2 is 0.667 bits per heavy atom. The molecule has 0 spiro atoms. The van der Waals surface area contributed by atoms with Crippen molar-refractivity contribution in [3.63, 3.8) is 0 Å². The van der Waals surface area contributed by atoms with Crippen molar-refractivity contribution in [1.29, 1.82) is 0 Å². The van der Waals surface area contributed by atoms with Gasteiger partial charge in [-0.1, -0.05) is 334 Å². The van der Waals surface area contributed by atoms with Gasteiger partial charge >= 0.3 is 19.8 Å². The fourth-order valence-corrected chi connectivity index (χ4v) is 11.5. The third kappa shape index (κ3) is 67.5. The lowest BCUT2D eigenvalue weighted by molar-refractivity contribution is -0.870. The van der Waals surface area contributed by atoms with Crippen LogP contribution in [0.25, 0.3) is 0 Å². The molecule has 9 nitrogen and oxygen atoms in total. The maximum Gasteiger partial charge on any atom is 0.472 e. The zero-order valence-corrected chi connectivity index (χ0v) is 55.7. The Morgan fingerprint density at radius 3 is 0.975 bits per heavy atom. The van der Waals surface area contributed by atoms with E-state index in [9.17, 15) is 19.0 Å². The number of esters is 2. The van der Waals surface area contributed by atoms with Crippen molar-refractivity contribution in [2.24, 2.45) is 0 Å².